The molecule has 1 fully saturated rings. The van der Waals surface area contributed by atoms with Crippen LogP contribution in [0.4, 0.5) is 11.5 Å². The van der Waals surface area contributed by atoms with E-state index in [1.165, 1.54) is 19.1 Å². The number of carbonyl (C=O) groups is 2. The lowest BCUT2D eigenvalue weighted by atomic mass is 10.2. The van der Waals surface area contributed by atoms with Crippen molar-refractivity contribution in [3.05, 3.63) is 42.5 Å². The first-order valence-electron chi connectivity index (χ1n) is 8.00. The van der Waals surface area contributed by atoms with E-state index in [0.29, 0.717) is 5.69 Å². The highest BCUT2D eigenvalue weighted by Gasteiger charge is 2.18. The van der Waals surface area contributed by atoms with Crippen molar-refractivity contribution < 1.29 is 14.0 Å². The van der Waals surface area contributed by atoms with Crippen molar-refractivity contribution >= 4 is 23.3 Å². The van der Waals surface area contributed by atoms with E-state index in [2.05, 4.69) is 20.5 Å². The van der Waals surface area contributed by atoms with Crippen LogP contribution in [0.5, 0.6) is 0 Å². The third kappa shape index (κ3) is 3.73. The molecule has 2 N–H and O–H groups in total. The van der Waals surface area contributed by atoms with Gasteiger partial charge in [0, 0.05) is 13.1 Å². The molecule has 3 heterocycles. The quantitative estimate of drug-likeness (QED) is 0.877. The van der Waals surface area contributed by atoms with Crippen LogP contribution in [0.25, 0.3) is 0 Å². The van der Waals surface area contributed by atoms with E-state index in [1.807, 2.05) is 12.1 Å². The molecule has 7 heteroatoms. The Morgan fingerprint density at radius 2 is 2.04 bits per heavy atom. The summed E-state index contributed by atoms with van der Waals surface area (Å²) in [4.78, 5) is 30.6. The van der Waals surface area contributed by atoms with Crippen molar-refractivity contribution in [1.82, 2.24) is 10.3 Å². The van der Waals surface area contributed by atoms with Gasteiger partial charge in [0.1, 0.15) is 11.9 Å². The zero-order chi connectivity index (χ0) is 16.9. The van der Waals surface area contributed by atoms with Crippen LogP contribution in [-0.4, -0.2) is 35.9 Å². The lowest BCUT2D eigenvalue weighted by Crippen LogP contribution is -2.41. The second-order valence-electron chi connectivity index (χ2n) is 5.76. The number of aromatic nitrogens is 1. The molecule has 0 radical (unpaired) electrons. The van der Waals surface area contributed by atoms with Crippen molar-refractivity contribution in [3.63, 3.8) is 0 Å². The Kier molecular flexibility index (Phi) is 4.79. The number of anilines is 2. The molecular formula is C17H20N4O3. The van der Waals surface area contributed by atoms with Crippen LogP contribution >= 0.6 is 0 Å². The molecule has 2 aromatic heterocycles. The average Bonchev–Trinajstić information content (AvgIpc) is 3.29. The summed E-state index contributed by atoms with van der Waals surface area (Å²) in [5.41, 5.74) is 0.599. The molecular weight excluding hydrogens is 308 g/mol. The fourth-order valence-corrected chi connectivity index (χ4v) is 2.58. The first-order chi connectivity index (χ1) is 11.6. The summed E-state index contributed by atoms with van der Waals surface area (Å²) >= 11 is 0. The van der Waals surface area contributed by atoms with Crippen LogP contribution in [0.2, 0.25) is 0 Å². The van der Waals surface area contributed by atoms with Gasteiger partial charge in [0.25, 0.3) is 5.91 Å². The highest BCUT2D eigenvalue weighted by molar-refractivity contribution is 5.99. The monoisotopic (exact) mass is 328 g/mol. The molecule has 0 aromatic carbocycles. The highest BCUT2D eigenvalue weighted by atomic mass is 16.3. The van der Waals surface area contributed by atoms with E-state index in [9.17, 15) is 9.59 Å². The molecule has 24 heavy (non-hydrogen) atoms. The van der Waals surface area contributed by atoms with Gasteiger partial charge in [0.05, 0.1) is 18.1 Å². The number of nitrogens with one attached hydrogen (secondary N) is 2. The highest BCUT2D eigenvalue weighted by Crippen LogP contribution is 2.19. The fourth-order valence-electron chi connectivity index (χ4n) is 2.58. The summed E-state index contributed by atoms with van der Waals surface area (Å²) in [5.74, 6) is 0.353. The Morgan fingerprint density at radius 1 is 1.25 bits per heavy atom. The standard InChI is InChI=1S/C17H20N4O3/c1-12(19-17(23)14-5-4-10-24-14)16(22)20-13-6-7-15(18-11-13)21-8-2-3-9-21/h4-7,10-12H,2-3,8-9H2,1H3,(H,19,23)(H,20,22). The van der Waals surface area contributed by atoms with Crippen molar-refractivity contribution in [2.45, 2.75) is 25.8 Å². The third-order valence-electron chi connectivity index (χ3n) is 3.93. The molecule has 3 rings (SSSR count). The minimum Gasteiger partial charge on any atom is -0.459 e. The summed E-state index contributed by atoms with van der Waals surface area (Å²) in [6.07, 6.45) is 5.42. The molecule has 0 spiro atoms. The van der Waals surface area contributed by atoms with Gasteiger partial charge in [0.2, 0.25) is 5.91 Å². The number of hydrogen-bond donors (Lipinski definition) is 2. The molecule has 0 aliphatic carbocycles. The fraction of sp³-hybridized carbons (Fsp3) is 0.353. The molecule has 126 valence electrons. The zero-order valence-corrected chi connectivity index (χ0v) is 13.5. The number of rotatable bonds is 5. The Labute approximate surface area is 140 Å². The summed E-state index contributed by atoms with van der Waals surface area (Å²) in [6, 6.07) is 6.18. The van der Waals surface area contributed by atoms with Gasteiger partial charge in [-0.25, -0.2) is 4.98 Å². The van der Waals surface area contributed by atoms with E-state index in [0.717, 1.165) is 18.9 Å². The van der Waals surface area contributed by atoms with Crippen molar-refractivity contribution in [2.24, 2.45) is 0 Å². The minimum absolute atomic E-state index is 0.172. The molecule has 2 amide bonds. The van der Waals surface area contributed by atoms with Crippen LogP contribution in [0.15, 0.2) is 41.1 Å². The molecule has 1 atom stereocenters. The number of furan rings is 1. The van der Waals surface area contributed by atoms with Gasteiger partial charge in [-0.05, 0) is 44.0 Å². The van der Waals surface area contributed by atoms with Gasteiger partial charge in [-0.2, -0.15) is 0 Å². The average molecular weight is 328 g/mol. The van der Waals surface area contributed by atoms with Crippen LogP contribution in [-0.2, 0) is 4.79 Å². The SMILES string of the molecule is CC(NC(=O)c1ccco1)C(=O)Nc1ccc(N2CCCC2)nc1. The number of nitrogens with zero attached hydrogens (tertiary/aromatic N) is 2. The third-order valence-corrected chi connectivity index (χ3v) is 3.93. The smallest absolute Gasteiger partial charge is 0.287 e. The number of carbonyl (C=O) groups excluding carboxylic acids is 2. The maximum Gasteiger partial charge on any atom is 0.287 e. The minimum atomic E-state index is -0.694. The number of hydrogen-bond acceptors (Lipinski definition) is 5. The van der Waals surface area contributed by atoms with E-state index < -0.39 is 11.9 Å². The molecule has 2 aromatic rings. The first kappa shape index (κ1) is 16.0. The summed E-state index contributed by atoms with van der Waals surface area (Å²) in [6.45, 7) is 3.66. The molecule has 0 saturated carbocycles. The largest absolute Gasteiger partial charge is 0.459 e. The summed E-state index contributed by atoms with van der Waals surface area (Å²) < 4.78 is 5.00. The Morgan fingerprint density at radius 3 is 2.67 bits per heavy atom. The molecule has 1 aliphatic heterocycles. The van der Waals surface area contributed by atoms with Crippen molar-refractivity contribution in [2.75, 3.05) is 23.3 Å². The van der Waals surface area contributed by atoms with E-state index in [-0.39, 0.29) is 11.7 Å². The van der Waals surface area contributed by atoms with Crippen LogP contribution in [0.1, 0.15) is 30.3 Å². The first-order valence-corrected chi connectivity index (χ1v) is 8.00. The lowest BCUT2D eigenvalue weighted by Gasteiger charge is -2.17. The lowest BCUT2D eigenvalue weighted by molar-refractivity contribution is -0.117. The van der Waals surface area contributed by atoms with E-state index >= 15 is 0 Å². The van der Waals surface area contributed by atoms with Crippen LogP contribution in [0.3, 0.4) is 0 Å². The van der Waals surface area contributed by atoms with Gasteiger partial charge in [-0.15, -0.1) is 0 Å². The van der Waals surface area contributed by atoms with Gasteiger partial charge >= 0.3 is 0 Å². The predicted molar refractivity (Wildman–Crippen MR) is 89.9 cm³/mol. The maximum atomic E-state index is 12.2. The molecule has 1 saturated heterocycles. The number of amides is 2. The van der Waals surface area contributed by atoms with E-state index in [1.54, 1.807) is 25.3 Å². The Hall–Kier alpha value is -2.83. The maximum absolute atomic E-state index is 12.2. The van der Waals surface area contributed by atoms with E-state index in [4.69, 9.17) is 4.42 Å². The molecule has 0 bridgehead atoms. The Balaban J connectivity index is 1.54. The van der Waals surface area contributed by atoms with Gasteiger partial charge < -0.3 is 20.0 Å². The second kappa shape index (κ2) is 7.16. The van der Waals surface area contributed by atoms with Crippen molar-refractivity contribution in [3.8, 4) is 0 Å². The van der Waals surface area contributed by atoms with Crippen molar-refractivity contribution in [1.29, 1.82) is 0 Å². The predicted octanol–water partition coefficient (Wildman–Crippen LogP) is 2.03. The van der Waals surface area contributed by atoms with Gasteiger partial charge in [-0.1, -0.05) is 0 Å². The summed E-state index contributed by atoms with van der Waals surface area (Å²) in [7, 11) is 0. The summed E-state index contributed by atoms with van der Waals surface area (Å²) in [5, 5.41) is 5.33. The molecule has 1 unspecified atom stereocenters. The number of pyridine rings is 1. The zero-order valence-electron chi connectivity index (χ0n) is 13.5. The van der Waals surface area contributed by atoms with Gasteiger partial charge in [0.15, 0.2) is 5.76 Å². The second-order valence-corrected chi connectivity index (χ2v) is 5.76. The van der Waals surface area contributed by atoms with Crippen LogP contribution < -0.4 is 15.5 Å². The normalized spacial score (nSPS) is 15.1. The Bertz CT molecular complexity index is 691. The molecule has 1 aliphatic rings. The molecule has 7 nitrogen and oxygen atoms in total. The van der Waals surface area contributed by atoms with Crippen LogP contribution in [0, 0.1) is 0 Å². The van der Waals surface area contributed by atoms with Gasteiger partial charge in [-0.3, -0.25) is 9.59 Å². The topological polar surface area (TPSA) is 87.5 Å².